The van der Waals surface area contributed by atoms with E-state index in [2.05, 4.69) is 24.1 Å². The third-order valence-corrected chi connectivity index (χ3v) is 6.66. The number of carbonyl (C=O) groups is 2. The second-order valence-corrected chi connectivity index (χ2v) is 8.67. The molecule has 1 aromatic rings. The third-order valence-electron chi connectivity index (χ3n) is 6.66. The van der Waals surface area contributed by atoms with Gasteiger partial charge >= 0.3 is 6.03 Å². The summed E-state index contributed by atoms with van der Waals surface area (Å²) in [6, 6.07) is 8.23. The van der Waals surface area contributed by atoms with Crippen LogP contribution in [0.3, 0.4) is 0 Å². The van der Waals surface area contributed by atoms with Crippen molar-refractivity contribution < 1.29 is 14.3 Å². The van der Waals surface area contributed by atoms with Gasteiger partial charge in [0.15, 0.2) is 0 Å². The Bertz CT molecular complexity index is 717. The Morgan fingerprint density at radius 2 is 1.79 bits per heavy atom. The molecule has 6 heteroatoms. The molecule has 0 bridgehead atoms. The number of carbonyl (C=O) groups excluding carboxylic acids is 2. The number of rotatable bonds is 3. The van der Waals surface area contributed by atoms with E-state index in [4.69, 9.17) is 4.74 Å². The first-order chi connectivity index (χ1) is 13.5. The average Bonchev–Trinajstić information content (AvgIpc) is 3.03. The molecule has 3 fully saturated rings. The Labute approximate surface area is 167 Å². The summed E-state index contributed by atoms with van der Waals surface area (Å²) in [7, 11) is 0. The van der Waals surface area contributed by atoms with Gasteiger partial charge in [0.05, 0.1) is 5.54 Å². The van der Waals surface area contributed by atoms with E-state index in [0.29, 0.717) is 19.0 Å². The highest BCUT2D eigenvalue weighted by Gasteiger charge is 2.49. The summed E-state index contributed by atoms with van der Waals surface area (Å²) in [5, 5.41) is 3.05. The molecule has 28 heavy (non-hydrogen) atoms. The Morgan fingerprint density at radius 3 is 2.39 bits per heavy atom. The quantitative estimate of drug-likeness (QED) is 0.870. The van der Waals surface area contributed by atoms with Crippen molar-refractivity contribution in [3.63, 3.8) is 0 Å². The summed E-state index contributed by atoms with van der Waals surface area (Å²) in [4.78, 5) is 29.5. The van der Waals surface area contributed by atoms with Gasteiger partial charge in [-0.1, -0.05) is 26.0 Å². The van der Waals surface area contributed by atoms with Crippen LogP contribution in [0, 0.1) is 0 Å². The van der Waals surface area contributed by atoms with Crippen molar-refractivity contribution in [3.05, 3.63) is 35.4 Å². The maximum Gasteiger partial charge on any atom is 0.318 e. The number of likely N-dealkylation sites (tertiary alicyclic amines) is 1. The van der Waals surface area contributed by atoms with Gasteiger partial charge in [0.2, 0.25) is 0 Å². The minimum Gasteiger partial charge on any atom is -0.381 e. The fourth-order valence-electron chi connectivity index (χ4n) is 4.87. The fourth-order valence-corrected chi connectivity index (χ4v) is 4.87. The molecular weight excluding hydrogens is 354 g/mol. The predicted octanol–water partition coefficient (Wildman–Crippen LogP) is 2.99. The van der Waals surface area contributed by atoms with Gasteiger partial charge in [-0.15, -0.1) is 0 Å². The highest BCUT2D eigenvalue weighted by molar-refractivity contribution is 5.94. The molecule has 0 radical (unpaired) electrons. The van der Waals surface area contributed by atoms with E-state index in [1.807, 2.05) is 29.2 Å². The minimum absolute atomic E-state index is 0.0518. The van der Waals surface area contributed by atoms with Gasteiger partial charge in [0, 0.05) is 44.5 Å². The van der Waals surface area contributed by atoms with Crippen LogP contribution in [-0.4, -0.2) is 66.2 Å². The smallest absolute Gasteiger partial charge is 0.318 e. The molecule has 0 aliphatic carbocycles. The number of nitrogens with zero attached hydrogens (tertiary/aromatic N) is 2. The van der Waals surface area contributed by atoms with E-state index in [9.17, 15) is 9.59 Å². The summed E-state index contributed by atoms with van der Waals surface area (Å²) < 4.78 is 5.53. The highest BCUT2D eigenvalue weighted by Crippen LogP contribution is 2.35. The van der Waals surface area contributed by atoms with Gasteiger partial charge in [-0.2, -0.15) is 0 Å². The number of hydrogen-bond acceptors (Lipinski definition) is 3. The monoisotopic (exact) mass is 385 g/mol. The topological polar surface area (TPSA) is 61.9 Å². The number of benzene rings is 1. The standard InChI is InChI=1S/C22H31N3O3/c1-16(2)17-3-5-18(6-4-17)20(26)24-11-7-19(8-12-24)25-21(27)23-15-22(25)9-13-28-14-10-22/h3-6,16,19H,7-15H2,1-2H3,(H,23,27). The molecule has 6 nitrogen and oxygen atoms in total. The van der Waals surface area contributed by atoms with Crippen LogP contribution in [0.4, 0.5) is 4.79 Å². The van der Waals surface area contributed by atoms with Crippen molar-refractivity contribution >= 4 is 11.9 Å². The molecule has 1 aromatic carbocycles. The van der Waals surface area contributed by atoms with Crippen molar-refractivity contribution in [1.82, 2.24) is 15.1 Å². The molecular formula is C22H31N3O3. The number of amides is 3. The molecule has 152 valence electrons. The second-order valence-electron chi connectivity index (χ2n) is 8.67. The summed E-state index contributed by atoms with van der Waals surface area (Å²) in [5.74, 6) is 0.560. The van der Waals surface area contributed by atoms with E-state index in [0.717, 1.165) is 51.0 Å². The van der Waals surface area contributed by atoms with Crippen molar-refractivity contribution in [2.24, 2.45) is 0 Å². The van der Waals surface area contributed by atoms with Crippen LogP contribution in [-0.2, 0) is 4.74 Å². The SMILES string of the molecule is CC(C)c1ccc(C(=O)N2CCC(N3C(=O)NCC34CCOCC4)CC2)cc1. The summed E-state index contributed by atoms with van der Waals surface area (Å²) >= 11 is 0. The molecule has 0 saturated carbocycles. The summed E-state index contributed by atoms with van der Waals surface area (Å²) in [6.07, 6.45) is 3.47. The molecule has 4 rings (SSSR count). The van der Waals surface area contributed by atoms with Crippen molar-refractivity contribution in [2.45, 2.75) is 57.0 Å². The average molecular weight is 386 g/mol. The number of ether oxygens (including phenoxy) is 1. The van der Waals surface area contributed by atoms with E-state index in [1.165, 1.54) is 5.56 Å². The zero-order chi connectivity index (χ0) is 19.7. The zero-order valence-corrected chi connectivity index (χ0v) is 16.9. The van der Waals surface area contributed by atoms with Gasteiger partial charge < -0.3 is 19.9 Å². The molecule has 0 atom stereocenters. The lowest BCUT2D eigenvalue weighted by molar-refractivity contribution is -0.0143. The summed E-state index contributed by atoms with van der Waals surface area (Å²) in [5.41, 5.74) is 1.90. The molecule has 3 saturated heterocycles. The Hall–Kier alpha value is -2.08. The van der Waals surface area contributed by atoms with E-state index >= 15 is 0 Å². The Balaban J connectivity index is 1.40. The molecule has 3 aliphatic heterocycles. The lowest BCUT2D eigenvalue weighted by Gasteiger charge is -2.46. The Kier molecular flexibility index (Phi) is 5.32. The first-order valence-electron chi connectivity index (χ1n) is 10.5. The molecule has 0 aromatic heterocycles. The summed E-state index contributed by atoms with van der Waals surface area (Å²) in [6.45, 7) is 7.86. The van der Waals surface area contributed by atoms with Crippen LogP contribution < -0.4 is 5.32 Å². The van der Waals surface area contributed by atoms with Gasteiger partial charge in [-0.25, -0.2) is 4.79 Å². The van der Waals surface area contributed by atoms with Gasteiger partial charge in [0.25, 0.3) is 5.91 Å². The van der Waals surface area contributed by atoms with Crippen molar-refractivity contribution in [2.75, 3.05) is 32.8 Å². The molecule has 0 unspecified atom stereocenters. The van der Waals surface area contributed by atoms with Crippen LogP contribution >= 0.6 is 0 Å². The number of hydrogen-bond donors (Lipinski definition) is 1. The molecule has 1 spiro atoms. The highest BCUT2D eigenvalue weighted by atomic mass is 16.5. The molecule has 3 aliphatic rings. The second kappa shape index (κ2) is 7.74. The van der Waals surface area contributed by atoms with Crippen LogP contribution in [0.2, 0.25) is 0 Å². The van der Waals surface area contributed by atoms with Gasteiger partial charge in [0.1, 0.15) is 0 Å². The maximum atomic E-state index is 12.9. The van der Waals surface area contributed by atoms with E-state index < -0.39 is 0 Å². The van der Waals surface area contributed by atoms with E-state index in [1.54, 1.807) is 0 Å². The van der Waals surface area contributed by atoms with Crippen molar-refractivity contribution in [3.8, 4) is 0 Å². The molecule has 3 amide bonds. The normalized spacial score (nSPS) is 22.8. The lowest BCUT2D eigenvalue weighted by atomic mass is 9.86. The van der Waals surface area contributed by atoms with Crippen LogP contribution in [0.5, 0.6) is 0 Å². The number of piperidine rings is 1. The van der Waals surface area contributed by atoms with Crippen LogP contribution in [0.1, 0.15) is 61.4 Å². The maximum absolute atomic E-state index is 12.9. The first kappa shape index (κ1) is 19.2. The third kappa shape index (κ3) is 3.50. The minimum atomic E-state index is -0.0984. The Morgan fingerprint density at radius 1 is 1.14 bits per heavy atom. The molecule has 1 N–H and O–H groups in total. The lowest BCUT2D eigenvalue weighted by Crippen LogP contribution is -2.57. The van der Waals surface area contributed by atoms with Crippen LogP contribution in [0.25, 0.3) is 0 Å². The largest absolute Gasteiger partial charge is 0.381 e. The van der Waals surface area contributed by atoms with Crippen LogP contribution in [0.15, 0.2) is 24.3 Å². The zero-order valence-electron chi connectivity index (χ0n) is 16.9. The van der Waals surface area contributed by atoms with E-state index in [-0.39, 0.29) is 23.5 Å². The molecule has 3 heterocycles. The van der Waals surface area contributed by atoms with Gasteiger partial charge in [-0.05, 0) is 49.3 Å². The number of urea groups is 1. The van der Waals surface area contributed by atoms with Crippen molar-refractivity contribution in [1.29, 1.82) is 0 Å². The predicted molar refractivity (Wildman–Crippen MR) is 107 cm³/mol. The first-order valence-corrected chi connectivity index (χ1v) is 10.5. The fraction of sp³-hybridized carbons (Fsp3) is 0.636. The number of nitrogens with one attached hydrogen (secondary N) is 1. The van der Waals surface area contributed by atoms with Gasteiger partial charge in [-0.3, -0.25) is 4.79 Å².